The average molecular weight is 267 g/mol. The first kappa shape index (κ1) is 11.5. The van der Waals surface area contributed by atoms with Crippen LogP contribution in [0.25, 0.3) is 0 Å². The molecule has 1 rings (SSSR count). The van der Waals surface area contributed by atoms with E-state index in [0.29, 0.717) is 6.42 Å². The highest BCUT2D eigenvalue weighted by Gasteiger charge is 2.29. The maximum atomic E-state index is 11.2. The first-order valence-electron chi connectivity index (χ1n) is 4.28. The van der Waals surface area contributed by atoms with Crippen LogP contribution in [0.4, 0.5) is 0 Å². The zero-order valence-corrected chi connectivity index (χ0v) is 9.28. The van der Waals surface area contributed by atoms with Crippen LogP contribution in [0.3, 0.4) is 0 Å². The van der Waals surface area contributed by atoms with E-state index in [-0.39, 0.29) is 5.01 Å². The number of ether oxygens (including phenoxy) is 1. The van der Waals surface area contributed by atoms with Gasteiger partial charge in [-0.05, 0) is 19.3 Å². The third-order valence-corrected chi connectivity index (χ3v) is 2.39. The van der Waals surface area contributed by atoms with Crippen LogP contribution in [0.1, 0.15) is 26.2 Å². The molecular formula is C8H11BrO5. The maximum Gasteiger partial charge on any atom is 0.384 e. The third kappa shape index (κ3) is 3.63. The Hall–Kier alpha value is -0.620. The van der Waals surface area contributed by atoms with Gasteiger partial charge < -0.3 is 4.74 Å². The number of carbonyl (C=O) groups is 2. The van der Waals surface area contributed by atoms with Gasteiger partial charge in [0.05, 0.1) is 0 Å². The molecule has 80 valence electrons. The van der Waals surface area contributed by atoms with Gasteiger partial charge in [0.2, 0.25) is 0 Å². The van der Waals surface area contributed by atoms with Crippen molar-refractivity contribution in [2.45, 2.75) is 37.3 Å². The summed E-state index contributed by atoms with van der Waals surface area (Å²) in [5.74, 6) is -1.33. The Labute approximate surface area is 89.7 Å². The Morgan fingerprint density at radius 1 is 1.36 bits per heavy atom. The van der Waals surface area contributed by atoms with Crippen molar-refractivity contribution in [1.29, 1.82) is 0 Å². The number of rotatable bonds is 1. The number of hydrogen-bond acceptors (Lipinski definition) is 5. The molecular weight excluding hydrogens is 256 g/mol. The quantitative estimate of drug-likeness (QED) is 0.407. The largest absolute Gasteiger partial charge is 0.384 e. The Bertz CT molecular complexity index is 230. The minimum absolute atomic E-state index is 0.133. The topological polar surface area (TPSA) is 61.8 Å². The number of alkyl halides is 1. The van der Waals surface area contributed by atoms with E-state index >= 15 is 0 Å². The summed E-state index contributed by atoms with van der Waals surface area (Å²) in [6.45, 7) is 1.16. The monoisotopic (exact) mass is 266 g/mol. The van der Waals surface area contributed by atoms with Gasteiger partial charge in [-0.3, -0.25) is 0 Å². The van der Waals surface area contributed by atoms with Crippen molar-refractivity contribution in [2.75, 3.05) is 0 Å². The Balaban J connectivity index is 2.32. The Kier molecular flexibility index (Phi) is 4.34. The molecule has 0 amide bonds. The van der Waals surface area contributed by atoms with Crippen LogP contribution in [0.2, 0.25) is 0 Å². The second-order valence-corrected chi connectivity index (χ2v) is 3.96. The molecule has 0 bridgehead atoms. The molecule has 14 heavy (non-hydrogen) atoms. The average Bonchev–Trinajstić information content (AvgIpc) is 2.14. The van der Waals surface area contributed by atoms with Crippen LogP contribution in [-0.4, -0.2) is 23.1 Å². The second kappa shape index (κ2) is 5.31. The van der Waals surface area contributed by atoms with Crippen LogP contribution in [0.15, 0.2) is 0 Å². The lowest BCUT2D eigenvalue weighted by Gasteiger charge is -2.23. The van der Waals surface area contributed by atoms with Crippen molar-refractivity contribution < 1.29 is 24.1 Å². The summed E-state index contributed by atoms with van der Waals surface area (Å²) >= 11 is 3.24. The van der Waals surface area contributed by atoms with Gasteiger partial charge in [0.15, 0.2) is 6.10 Å². The molecule has 0 aromatic carbocycles. The predicted octanol–water partition coefficient (Wildman–Crippen LogP) is 1.30. The molecule has 1 heterocycles. The number of hydrogen-bond donors (Lipinski definition) is 0. The summed E-state index contributed by atoms with van der Waals surface area (Å²) in [4.78, 5) is 29.9. The highest BCUT2D eigenvalue weighted by atomic mass is 79.9. The van der Waals surface area contributed by atoms with Crippen molar-refractivity contribution >= 4 is 27.9 Å². The predicted molar refractivity (Wildman–Crippen MR) is 49.3 cm³/mol. The van der Waals surface area contributed by atoms with Gasteiger partial charge in [0.25, 0.3) is 0 Å². The Morgan fingerprint density at radius 3 is 2.64 bits per heavy atom. The zero-order valence-electron chi connectivity index (χ0n) is 7.70. The molecule has 6 heteroatoms. The van der Waals surface area contributed by atoms with E-state index in [1.165, 1.54) is 0 Å². The molecule has 2 atom stereocenters. The summed E-state index contributed by atoms with van der Waals surface area (Å²) in [6, 6.07) is 0. The van der Waals surface area contributed by atoms with E-state index in [2.05, 4.69) is 25.7 Å². The first-order valence-corrected chi connectivity index (χ1v) is 5.19. The van der Waals surface area contributed by atoms with Crippen LogP contribution < -0.4 is 0 Å². The molecule has 1 fully saturated rings. The molecule has 0 spiro atoms. The SMILES string of the molecule is CC(=O)OOC(=O)C1CCCC(Br)O1. The molecule has 0 aromatic rings. The molecule has 0 saturated carbocycles. The van der Waals surface area contributed by atoms with Crippen molar-refractivity contribution in [3.63, 3.8) is 0 Å². The summed E-state index contributed by atoms with van der Waals surface area (Å²) in [5.41, 5.74) is 0. The normalized spacial score (nSPS) is 26.7. The number of halogens is 1. The number of carbonyl (C=O) groups excluding carboxylic acids is 2. The molecule has 0 aliphatic carbocycles. The fourth-order valence-electron chi connectivity index (χ4n) is 1.10. The lowest BCUT2D eigenvalue weighted by molar-refractivity contribution is -0.265. The van der Waals surface area contributed by atoms with Gasteiger partial charge in [-0.15, -0.1) is 0 Å². The van der Waals surface area contributed by atoms with Crippen LogP contribution in [-0.2, 0) is 24.1 Å². The molecule has 1 aliphatic heterocycles. The highest BCUT2D eigenvalue weighted by Crippen LogP contribution is 2.23. The van der Waals surface area contributed by atoms with E-state index in [9.17, 15) is 9.59 Å². The van der Waals surface area contributed by atoms with Crippen molar-refractivity contribution in [3.8, 4) is 0 Å². The standard InChI is InChI=1S/C8H11BrO5/c1-5(10)13-14-8(11)6-3-2-4-7(9)12-6/h6-7H,2-4H2,1H3. The van der Waals surface area contributed by atoms with E-state index in [4.69, 9.17) is 4.74 Å². The van der Waals surface area contributed by atoms with Gasteiger partial charge in [-0.2, -0.15) is 0 Å². The lowest BCUT2D eigenvalue weighted by atomic mass is 10.1. The van der Waals surface area contributed by atoms with Gasteiger partial charge in [-0.1, -0.05) is 15.9 Å². The molecule has 1 aliphatic rings. The maximum absolute atomic E-state index is 11.2. The van der Waals surface area contributed by atoms with E-state index in [1.807, 2.05) is 0 Å². The molecule has 1 saturated heterocycles. The zero-order chi connectivity index (χ0) is 10.6. The van der Waals surface area contributed by atoms with Gasteiger partial charge in [0.1, 0.15) is 5.01 Å². The van der Waals surface area contributed by atoms with E-state index in [0.717, 1.165) is 19.8 Å². The minimum Gasteiger partial charge on any atom is -0.352 e. The smallest absolute Gasteiger partial charge is 0.352 e. The third-order valence-electron chi connectivity index (χ3n) is 1.71. The highest BCUT2D eigenvalue weighted by molar-refractivity contribution is 9.09. The molecule has 0 aromatic heterocycles. The summed E-state index contributed by atoms with van der Waals surface area (Å²) in [6.07, 6.45) is 1.67. The molecule has 5 nitrogen and oxygen atoms in total. The van der Waals surface area contributed by atoms with Gasteiger partial charge >= 0.3 is 11.9 Å². The summed E-state index contributed by atoms with van der Waals surface area (Å²) < 4.78 is 5.23. The fraction of sp³-hybridized carbons (Fsp3) is 0.750. The summed E-state index contributed by atoms with van der Waals surface area (Å²) in [5, 5.41) is -0.133. The first-order chi connectivity index (χ1) is 6.59. The van der Waals surface area contributed by atoms with Crippen molar-refractivity contribution in [2.24, 2.45) is 0 Å². The summed E-state index contributed by atoms with van der Waals surface area (Å²) in [7, 11) is 0. The molecule has 2 unspecified atom stereocenters. The fourth-order valence-corrected chi connectivity index (χ4v) is 1.69. The van der Waals surface area contributed by atoms with Crippen molar-refractivity contribution in [1.82, 2.24) is 0 Å². The van der Waals surface area contributed by atoms with E-state index in [1.54, 1.807) is 0 Å². The van der Waals surface area contributed by atoms with Crippen molar-refractivity contribution in [3.05, 3.63) is 0 Å². The van der Waals surface area contributed by atoms with Crippen LogP contribution >= 0.6 is 15.9 Å². The van der Waals surface area contributed by atoms with Crippen LogP contribution in [0.5, 0.6) is 0 Å². The Morgan fingerprint density at radius 2 is 2.07 bits per heavy atom. The lowest BCUT2D eigenvalue weighted by Crippen LogP contribution is -2.33. The van der Waals surface area contributed by atoms with Gasteiger partial charge in [-0.25, -0.2) is 19.4 Å². The van der Waals surface area contributed by atoms with Gasteiger partial charge in [0, 0.05) is 6.92 Å². The van der Waals surface area contributed by atoms with E-state index < -0.39 is 18.0 Å². The van der Waals surface area contributed by atoms with Crippen LogP contribution in [0, 0.1) is 0 Å². The minimum atomic E-state index is -0.663. The second-order valence-electron chi connectivity index (χ2n) is 2.94. The molecule has 0 radical (unpaired) electrons. The molecule has 0 N–H and O–H groups in total.